The topological polar surface area (TPSA) is 9.23 Å². The van der Waals surface area contributed by atoms with Gasteiger partial charge >= 0.3 is 0 Å². The summed E-state index contributed by atoms with van der Waals surface area (Å²) in [5.41, 5.74) is 2.93. The smallest absolute Gasteiger partial charge is 0.0518 e. The van der Waals surface area contributed by atoms with Gasteiger partial charge in [0.15, 0.2) is 0 Å². The van der Waals surface area contributed by atoms with Crippen molar-refractivity contribution in [1.29, 1.82) is 0 Å². The van der Waals surface area contributed by atoms with Crippen LogP contribution in [0.15, 0.2) is 24.3 Å². The second kappa shape index (κ2) is 8.31. The van der Waals surface area contributed by atoms with Gasteiger partial charge in [0.05, 0.1) is 6.10 Å². The quantitative estimate of drug-likeness (QED) is 0.592. The maximum Gasteiger partial charge on any atom is 0.0518 e. The van der Waals surface area contributed by atoms with E-state index in [1.807, 2.05) is 0 Å². The predicted octanol–water partition coefficient (Wildman–Crippen LogP) is 4.95. The highest BCUT2D eigenvalue weighted by molar-refractivity contribution is 5.25. The van der Waals surface area contributed by atoms with Crippen molar-refractivity contribution in [2.45, 2.75) is 65.4 Å². The molecule has 18 heavy (non-hydrogen) atoms. The van der Waals surface area contributed by atoms with Gasteiger partial charge < -0.3 is 4.74 Å². The van der Waals surface area contributed by atoms with Crippen LogP contribution in [0.5, 0.6) is 0 Å². The lowest BCUT2D eigenvalue weighted by atomic mass is 9.98. The highest BCUT2D eigenvalue weighted by Gasteiger charge is 2.00. The van der Waals surface area contributed by atoms with E-state index in [0.29, 0.717) is 12.0 Å². The van der Waals surface area contributed by atoms with Crippen molar-refractivity contribution in [3.05, 3.63) is 35.4 Å². The Morgan fingerprint density at radius 3 is 2.44 bits per heavy atom. The summed E-state index contributed by atoms with van der Waals surface area (Å²) in [6.07, 6.45) is 5.28. The van der Waals surface area contributed by atoms with Crippen LogP contribution < -0.4 is 0 Å². The van der Waals surface area contributed by atoms with Gasteiger partial charge in [0.25, 0.3) is 0 Å². The Bertz CT molecular complexity index is 328. The first-order chi connectivity index (χ1) is 8.59. The van der Waals surface area contributed by atoms with E-state index in [-0.39, 0.29) is 0 Å². The number of benzene rings is 1. The van der Waals surface area contributed by atoms with Crippen molar-refractivity contribution in [3.63, 3.8) is 0 Å². The Morgan fingerprint density at radius 2 is 1.78 bits per heavy atom. The van der Waals surface area contributed by atoms with Crippen LogP contribution in [0.4, 0.5) is 0 Å². The summed E-state index contributed by atoms with van der Waals surface area (Å²) in [7, 11) is 0. The van der Waals surface area contributed by atoms with Gasteiger partial charge in [0.1, 0.15) is 0 Å². The number of hydrogen-bond donors (Lipinski definition) is 0. The minimum absolute atomic E-state index is 0.368. The number of unbranched alkanes of at least 4 members (excludes halogenated alkanes) is 2. The fourth-order valence-electron chi connectivity index (χ4n) is 2.03. The molecule has 0 fully saturated rings. The van der Waals surface area contributed by atoms with Crippen molar-refractivity contribution in [1.82, 2.24) is 0 Å². The standard InChI is InChI=1S/C17H28O/c1-14(2)17-11-8-10-16(13-17)9-6-5-7-12-18-15(3)4/h8,10-11,13-15H,5-7,9,12H2,1-4H3. The van der Waals surface area contributed by atoms with Crippen molar-refractivity contribution in [2.75, 3.05) is 6.61 Å². The van der Waals surface area contributed by atoms with E-state index in [9.17, 15) is 0 Å². The molecule has 1 aromatic carbocycles. The number of ether oxygens (including phenoxy) is 1. The Kier molecular flexibility index (Phi) is 7.04. The molecule has 0 radical (unpaired) electrons. The molecule has 0 aliphatic rings. The van der Waals surface area contributed by atoms with Crippen molar-refractivity contribution in [3.8, 4) is 0 Å². The summed E-state index contributed by atoms with van der Waals surface area (Å²) in [5, 5.41) is 0. The first-order valence-corrected chi connectivity index (χ1v) is 7.30. The molecular weight excluding hydrogens is 220 g/mol. The fourth-order valence-corrected chi connectivity index (χ4v) is 2.03. The molecule has 0 heterocycles. The van der Waals surface area contributed by atoms with E-state index in [4.69, 9.17) is 4.74 Å². The molecule has 0 aliphatic carbocycles. The molecule has 0 saturated heterocycles. The van der Waals surface area contributed by atoms with Crippen molar-refractivity contribution >= 4 is 0 Å². The van der Waals surface area contributed by atoms with E-state index in [1.54, 1.807) is 0 Å². The highest BCUT2D eigenvalue weighted by Crippen LogP contribution is 2.17. The molecule has 0 unspecified atom stereocenters. The zero-order valence-electron chi connectivity index (χ0n) is 12.4. The van der Waals surface area contributed by atoms with E-state index >= 15 is 0 Å². The van der Waals surface area contributed by atoms with E-state index in [1.165, 1.54) is 36.8 Å². The van der Waals surface area contributed by atoms with E-state index in [2.05, 4.69) is 52.0 Å². The average Bonchev–Trinajstić information content (AvgIpc) is 2.33. The lowest BCUT2D eigenvalue weighted by molar-refractivity contribution is 0.0758. The summed E-state index contributed by atoms with van der Waals surface area (Å²) in [6, 6.07) is 9.02. The van der Waals surface area contributed by atoms with Gasteiger partial charge in [0, 0.05) is 6.61 Å². The molecule has 0 saturated carbocycles. The first-order valence-electron chi connectivity index (χ1n) is 7.30. The SMILES string of the molecule is CC(C)OCCCCCc1cccc(C(C)C)c1. The molecule has 102 valence electrons. The van der Waals surface area contributed by atoms with Crippen LogP contribution in [0.2, 0.25) is 0 Å². The molecule has 1 aromatic rings. The third-order valence-electron chi connectivity index (χ3n) is 3.18. The van der Waals surface area contributed by atoms with Gasteiger partial charge in [0.2, 0.25) is 0 Å². The van der Waals surface area contributed by atoms with E-state index < -0.39 is 0 Å². The van der Waals surface area contributed by atoms with Crippen LogP contribution in [0, 0.1) is 0 Å². The second-order valence-corrected chi connectivity index (χ2v) is 5.63. The summed E-state index contributed by atoms with van der Waals surface area (Å²) >= 11 is 0. The maximum absolute atomic E-state index is 5.54. The Labute approximate surface area is 113 Å². The average molecular weight is 248 g/mol. The minimum Gasteiger partial charge on any atom is -0.379 e. The Balaban J connectivity index is 2.21. The zero-order valence-corrected chi connectivity index (χ0v) is 12.4. The fraction of sp³-hybridized carbons (Fsp3) is 0.647. The molecule has 0 aromatic heterocycles. The summed E-state index contributed by atoms with van der Waals surface area (Å²) in [5.74, 6) is 0.629. The molecule has 0 bridgehead atoms. The maximum atomic E-state index is 5.54. The van der Waals surface area contributed by atoms with Crippen LogP contribution in [0.1, 0.15) is 64.0 Å². The Morgan fingerprint density at radius 1 is 1.00 bits per heavy atom. The van der Waals surface area contributed by atoms with Crippen LogP contribution >= 0.6 is 0 Å². The van der Waals surface area contributed by atoms with Gasteiger partial charge in [-0.3, -0.25) is 0 Å². The van der Waals surface area contributed by atoms with Gasteiger partial charge in [-0.2, -0.15) is 0 Å². The molecule has 1 heteroatoms. The van der Waals surface area contributed by atoms with Crippen molar-refractivity contribution < 1.29 is 4.74 Å². The molecule has 1 nitrogen and oxygen atoms in total. The predicted molar refractivity (Wildman–Crippen MR) is 79.2 cm³/mol. The molecular formula is C17H28O. The van der Waals surface area contributed by atoms with Crippen LogP contribution in [0.25, 0.3) is 0 Å². The molecule has 0 amide bonds. The molecule has 0 atom stereocenters. The van der Waals surface area contributed by atoms with Crippen LogP contribution in [0.3, 0.4) is 0 Å². The first kappa shape index (κ1) is 15.2. The highest BCUT2D eigenvalue weighted by atomic mass is 16.5. The van der Waals surface area contributed by atoms with Crippen molar-refractivity contribution in [2.24, 2.45) is 0 Å². The summed E-state index contributed by atoms with van der Waals surface area (Å²) in [6.45, 7) is 9.60. The number of rotatable bonds is 8. The van der Waals surface area contributed by atoms with Crippen LogP contribution in [-0.4, -0.2) is 12.7 Å². The van der Waals surface area contributed by atoms with Gasteiger partial charge in [-0.25, -0.2) is 0 Å². The largest absolute Gasteiger partial charge is 0.379 e. The lowest BCUT2D eigenvalue weighted by Crippen LogP contribution is -2.03. The normalized spacial score (nSPS) is 11.4. The summed E-state index contributed by atoms with van der Waals surface area (Å²) in [4.78, 5) is 0. The molecule has 1 rings (SSSR count). The lowest BCUT2D eigenvalue weighted by Gasteiger charge is -2.09. The van der Waals surface area contributed by atoms with Crippen LogP contribution in [-0.2, 0) is 11.2 Å². The second-order valence-electron chi connectivity index (χ2n) is 5.63. The molecule has 0 spiro atoms. The van der Waals surface area contributed by atoms with Gasteiger partial charge in [-0.1, -0.05) is 44.5 Å². The Hall–Kier alpha value is -0.820. The zero-order chi connectivity index (χ0) is 13.4. The van der Waals surface area contributed by atoms with Gasteiger partial charge in [-0.15, -0.1) is 0 Å². The van der Waals surface area contributed by atoms with Gasteiger partial charge in [-0.05, 0) is 50.2 Å². The monoisotopic (exact) mass is 248 g/mol. The number of hydrogen-bond acceptors (Lipinski definition) is 1. The molecule has 0 N–H and O–H groups in total. The third-order valence-corrected chi connectivity index (χ3v) is 3.18. The number of aryl methyl sites for hydroxylation is 1. The van der Waals surface area contributed by atoms with E-state index in [0.717, 1.165) is 6.61 Å². The summed E-state index contributed by atoms with van der Waals surface area (Å²) < 4.78 is 5.54. The third kappa shape index (κ3) is 6.20. The molecule has 0 aliphatic heterocycles. The minimum atomic E-state index is 0.368.